The maximum atomic E-state index is 12.6. The number of hydrogen-bond acceptors (Lipinski definition) is 6. The lowest BCUT2D eigenvalue weighted by Crippen LogP contribution is -2.39. The van der Waals surface area contributed by atoms with Crippen molar-refractivity contribution in [3.8, 4) is 0 Å². The summed E-state index contributed by atoms with van der Waals surface area (Å²) in [6.45, 7) is 6.19. The van der Waals surface area contributed by atoms with Crippen LogP contribution < -0.4 is 11.2 Å². The molecule has 25 heavy (non-hydrogen) atoms. The summed E-state index contributed by atoms with van der Waals surface area (Å²) in [5.41, 5.74) is -0.327. The van der Waals surface area contributed by atoms with Gasteiger partial charge in [0.05, 0.1) is 6.54 Å². The van der Waals surface area contributed by atoms with Gasteiger partial charge in [-0.25, -0.2) is 9.78 Å². The summed E-state index contributed by atoms with van der Waals surface area (Å²) >= 11 is 0. The Morgan fingerprint density at radius 2 is 1.92 bits per heavy atom. The Balaban J connectivity index is 2.53. The lowest BCUT2D eigenvalue weighted by Gasteiger charge is -2.17. The van der Waals surface area contributed by atoms with E-state index in [2.05, 4.69) is 4.98 Å². The van der Waals surface area contributed by atoms with Crippen molar-refractivity contribution in [3.05, 3.63) is 27.2 Å². The molecule has 0 spiro atoms. The smallest absolute Gasteiger partial charge is 0.332 e. The van der Waals surface area contributed by atoms with Crippen LogP contribution in [0.3, 0.4) is 0 Å². The van der Waals surface area contributed by atoms with Crippen LogP contribution in [0.2, 0.25) is 0 Å². The predicted octanol–water partition coefficient (Wildman–Crippen LogP) is 0.176. The van der Waals surface area contributed by atoms with Crippen LogP contribution in [0, 0.1) is 5.92 Å². The van der Waals surface area contributed by atoms with Gasteiger partial charge in [-0.3, -0.25) is 28.2 Å². The third-order valence-corrected chi connectivity index (χ3v) is 3.74. The average molecular weight is 351 g/mol. The van der Waals surface area contributed by atoms with Crippen LogP contribution in [0.4, 0.5) is 0 Å². The topological polar surface area (TPSA) is 91.4 Å². The van der Waals surface area contributed by atoms with Crippen LogP contribution in [-0.4, -0.2) is 50.2 Å². The van der Waals surface area contributed by atoms with E-state index in [-0.39, 0.29) is 18.0 Å². The number of hydrogen-bond donors (Lipinski definition) is 0. The second-order valence-electron chi connectivity index (χ2n) is 6.80. The van der Waals surface area contributed by atoms with Crippen molar-refractivity contribution < 1.29 is 9.53 Å². The summed E-state index contributed by atoms with van der Waals surface area (Å²) < 4.78 is 9.39. The van der Waals surface area contributed by atoms with Crippen molar-refractivity contribution in [2.45, 2.75) is 33.5 Å². The Morgan fingerprint density at radius 3 is 2.48 bits per heavy atom. The Hall–Kier alpha value is -2.42. The van der Waals surface area contributed by atoms with Crippen LogP contribution >= 0.6 is 0 Å². The van der Waals surface area contributed by atoms with Crippen molar-refractivity contribution >= 4 is 17.1 Å². The maximum absolute atomic E-state index is 12.6. The maximum Gasteiger partial charge on any atom is 0.332 e. The molecule has 0 saturated heterocycles. The molecule has 0 amide bonds. The van der Waals surface area contributed by atoms with E-state index in [0.717, 1.165) is 4.57 Å². The fourth-order valence-corrected chi connectivity index (χ4v) is 2.62. The summed E-state index contributed by atoms with van der Waals surface area (Å²) in [5.74, 6) is -0.203. The minimum absolute atomic E-state index is 0.132. The largest absolute Gasteiger partial charge is 0.441 e. The number of imidazole rings is 1. The highest BCUT2D eigenvalue weighted by Crippen LogP contribution is 2.15. The summed E-state index contributed by atoms with van der Waals surface area (Å²) in [4.78, 5) is 42.8. The second kappa shape index (κ2) is 7.22. The number of carbonyl (C=O) groups excluding carboxylic acids is 1. The summed E-state index contributed by atoms with van der Waals surface area (Å²) in [6, 6.07) is 0. The van der Waals surface area contributed by atoms with E-state index in [1.165, 1.54) is 22.5 Å². The van der Waals surface area contributed by atoms with E-state index in [9.17, 15) is 14.4 Å². The monoisotopic (exact) mass is 351 g/mol. The van der Waals surface area contributed by atoms with E-state index in [1.54, 1.807) is 25.9 Å². The van der Waals surface area contributed by atoms with E-state index in [1.807, 2.05) is 13.8 Å². The third-order valence-electron chi connectivity index (χ3n) is 3.74. The highest BCUT2D eigenvalue weighted by atomic mass is 16.6. The first kappa shape index (κ1) is 18.9. The van der Waals surface area contributed by atoms with Gasteiger partial charge in [0.15, 0.2) is 17.4 Å². The standard InChI is InChI=1S/C16H25N5O4/c1-10(2)7-20-14-13(15(23)19(6)16(20)24)21(9-17-14)11(3)25-12(22)8-18(4)5/h9-11H,7-8H2,1-6H3. The molecule has 0 aliphatic rings. The molecule has 2 aromatic heterocycles. The van der Waals surface area contributed by atoms with Crippen molar-refractivity contribution in [1.29, 1.82) is 0 Å². The minimum Gasteiger partial charge on any atom is -0.441 e. The number of aromatic nitrogens is 4. The number of nitrogens with zero attached hydrogens (tertiary/aromatic N) is 5. The minimum atomic E-state index is -0.713. The van der Waals surface area contributed by atoms with Crippen molar-refractivity contribution in [2.75, 3.05) is 20.6 Å². The third kappa shape index (κ3) is 3.81. The molecule has 1 unspecified atom stereocenters. The van der Waals surface area contributed by atoms with E-state index in [0.29, 0.717) is 12.2 Å². The average Bonchev–Trinajstić information content (AvgIpc) is 2.93. The van der Waals surface area contributed by atoms with Crippen LogP contribution in [0.15, 0.2) is 15.9 Å². The molecule has 1 atom stereocenters. The molecule has 0 radical (unpaired) electrons. The van der Waals surface area contributed by atoms with Gasteiger partial charge in [-0.05, 0) is 26.9 Å². The normalized spacial score (nSPS) is 13.0. The Bertz CT molecular complexity index is 890. The predicted molar refractivity (Wildman–Crippen MR) is 93.4 cm³/mol. The van der Waals surface area contributed by atoms with Gasteiger partial charge in [0, 0.05) is 13.6 Å². The lowest BCUT2D eigenvalue weighted by atomic mass is 10.2. The van der Waals surface area contributed by atoms with Crippen molar-refractivity contribution in [3.63, 3.8) is 0 Å². The van der Waals surface area contributed by atoms with Crippen LogP contribution in [0.1, 0.15) is 27.0 Å². The molecule has 0 aromatic carbocycles. The SMILES string of the molecule is CC(C)Cn1c(=O)n(C)c(=O)c2c1ncn2C(C)OC(=O)CN(C)C. The Labute approximate surface area is 145 Å². The second-order valence-corrected chi connectivity index (χ2v) is 6.80. The first-order valence-corrected chi connectivity index (χ1v) is 8.14. The fraction of sp³-hybridized carbons (Fsp3) is 0.625. The first-order valence-electron chi connectivity index (χ1n) is 8.14. The lowest BCUT2D eigenvalue weighted by molar-refractivity contribution is -0.153. The van der Waals surface area contributed by atoms with Crippen LogP contribution in [0.25, 0.3) is 11.2 Å². The van der Waals surface area contributed by atoms with Crippen molar-refractivity contribution in [1.82, 2.24) is 23.6 Å². The van der Waals surface area contributed by atoms with Gasteiger partial charge in [0.1, 0.15) is 6.33 Å². The van der Waals surface area contributed by atoms with Gasteiger partial charge in [-0.2, -0.15) is 0 Å². The Morgan fingerprint density at radius 1 is 1.28 bits per heavy atom. The van der Waals surface area contributed by atoms with Gasteiger partial charge in [0.25, 0.3) is 5.56 Å². The highest BCUT2D eigenvalue weighted by Gasteiger charge is 2.21. The number of likely N-dealkylation sites (N-methyl/N-ethyl adjacent to an activating group) is 1. The van der Waals surface area contributed by atoms with E-state index >= 15 is 0 Å². The van der Waals surface area contributed by atoms with Gasteiger partial charge in [-0.1, -0.05) is 13.8 Å². The molecule has 0 bridgehead atoms. The molecule has 9 nitrogen and oxygen atoms in total. The van der Waals surface area contributed by atoms with E-state index < -0.39 is 23.4 Å². The Kier molecular flexibility index (Phi) is 5.46. The summed E-state index contributed by atoms with van der Waals surface area (Å²) in [5, 5.41) is 0. The molecule has 0 aliphatic carbocycles. The number of fused-ring (bicyclic) bond motifs is 1. The number of ether oxygens (including phenoxy) is 1. The first-order chi connectivity index (χ1) is 11.6. The van der Waals surface area contributed by atoms with Gasteiger partial charge >= 0.3 is 11.7 Å². The quantitative estimate of drug-likeness (QED) is 0.689. The molecule has 2 rings (SSSR count). The van der Waals surface area contributed by atoms with Crippen molar-refractivity contribution in [2.24, 2.45) is 13.0 Å². The zero-order valence-electron chi connectivity index (χ0n) is 15.5. The fourth-order valence-electron chi connectivity index (χ4n) is 2.62. The zero-order valence-corrected chi connectivity index (χ0v) is 15.5. The highest BCUT2D eigenvalue weighted by molar-refractivity contribution is 5.73. The molecular formula is C16H25N5O4. The van der Waals surface area contributed by atoms with Gasteiger partial charge in [-0.15, -0.1) is 0 Å². The molecule has 0 fully saturated rings. The summed E-state index contributed by atoms with van der Waals surface area (Å²) in [7, 11) is 4.96. The number of rotatable bonds is 6. The molecule has 0 N–H and O–H groups in total. The van der Waals surface area contributed by atoms with Gasteiger partial charge < -0.3 is 4.74 Å². The van der Waals surface area contributed by atoms with Crippen LogP contribution in [-0.2, 0) is 23.1 Å². The molecule has 2 heterocycles. The number of esters is 1. The molecule has 138 valence electrons. The number of carbonyl (C=O) groups is 1. The van der Waals surface area contributed by atoms with E-state index in [4.69, 9.17) is 4.74 Å². The molecule has 2 aromatic rings. The zero-order chi connectivity index (χ0) is 18.9. The van der Waals surface area contributed by atoms with Crippen LogP contribution in [0.5, 0.6) is 0 Å². The summed E-state index contributed by atoms with van der Waals surface area (Å²) in [6.07, 6.45) is 0.714. The molecule has 0 saturated carbocycles. The molecule has 9 heteroatoms. The molecule has 0 aliphatic heterocycles. The molecular weight excluding hydrogens is 326 g/mol. The van der Waals surface area contributed by atoms with Gasteiger partial charge in [0.2, 0.25) is 0 Å².